The standard InChI is InChI=1S/C20H21FN4O2/c1-4-11-5-6-22-20(27-3)18(11)15-7-12-8-17(23-10-16(12)25(15)2)24-19(26)13-9-14(13)21/h5-8,10,13-14H,4,9H2,1-3H3,(H,23,24,26). The van der Waals surface area contributed by atoms with Crippen molar-refractivity contribution in [1.29, 1.82) is 0 Å². The molecule has 0 aliphatic heterocycles. The Morgan fingerprint density at radius 1 is 1.41 bits per heavy atom. The van der Waals surface area contributed by atoms with Crippen LogP contribution in [-0.4, -0.2) is 33.7 Å². The number of ether oxygens (including phenoxy) is 1. The first kappa shape index (κ1) is 17.5. The summed E-state index contributed by atoms with van der Waals surface area (Å²) in [5.74, 6) is 0.148. The van der Waals surface area contributed by atoms with E-state index in [1.807, 2.05) is 23.7 Å². The van der Waals surface area contributed by atoms with Crippen molar-refractivity contribution in [2.24, 2.45) is 13.0 Å². The van der Waals surface area contributed by atoms with Crippen molar-refractivity contribution in [1.82, 2.24) is 14.5 Å². The number of nitrogens with zero attached hydrogens (tertiary/aromatic N) is 3. The highest BCUT2D eigenvalue weighted by atomic mass is 19.1. The molecule has 4 rings (SSSR count). The molecule has 27 heavy (non-hydrogen) atoms. The van der Waals surface area contributed by atoms with Gasteiger partial charge in [0.05, 0.1) is 36.0 Å². The van der Waals surface area contributed by atoms with Crippen LogP contribution in [-0.2, 0) is 18.3 Å². The monoisotopic (exact) mass is 368 g/mol. The number of hydrogen-bond donors (Lipinski definition) is 1. The molecule has 0 radical (unpaired) electrons. The zero-order chi connectivity index (χ0) is 19.1. The zero-order valence-electron chi connectivity index (χ0n) is 15.5. The average Bonchev–Trinajstić information content (AvgIpc) is 3.33. The summed E-state index contributed by atoms with van der Waals surface area (Å²) in [6.45, 7) is 2.09. The Balaban J connectivity index is 1.75. The molecule has 2 atom stereocenters. The lowest BCUT2D eigenvalue weighted by molar-refractivity contribution is -0.117. The van der Waals surface area contributed by atoms with Crippen molar-refractivity contribution >= 4 is 22.6 Å². The maximum absolute atomic E-state index is 13.1. The van der Waals surface area contributed by atoms with E-state index in [-0.39, 0.29) is 5.91 Å². The molecule has 6 nitrogen and oxygen atoms in total. The van der Waals surface area contributed by atoms with Crippen LogP contribution in [0.5, 0.6) is 5.88 Å². The van der Waals surface area contributed by atoms with Gasteiger partial charge in [-0.25, -0.2) is 14.4 Å². The molecule has 7 heteroatoms. The van der Waals surface area contributed by atoms with Crippen molar-refractivity contribution in [2.75, 3.05) is 12.4 Å². The summed E-state index contributed by atoms with van der Waals surface area (Å²) in [4.78, 5) is 20.6. The third kappa shape index (κ3) is 3.03. The van der Waals surface area contributed by atoms with E-state index in [1.165, 1.54) is 0 Å². The van der Waals surface area contributed by atoms with Crippen LogP contribution in [0.3, 0.4) is 0 Å². The quantitative estimate of drug-likeness (QED) is 0.748. The molecule has 3 heterocycles. The molecule has 0 spiro atoms. The van der Waals surface area contributed by atoms with Crippen LogP contribution in [0.25, 0.3) is 22.2 Å². The van der Waals surface area contributed by atoms with Gasteiger partial charge in [-0.3, -0.25) is 4.79 Å². The predicted octanol–water partition coefficient (Wildman–Crippen LogP) is 3.50. The first-order valence-electron chi connectivity index (χ1n) is 8.96. The van der Waals surface area contributed by atoms with Gasteiger partial charge in [0, 0.05) is 18.6 Å². The van der Waals surface area contributed by atoms with Gasteiger partial charge in [-0.1, -0.05) is 6.92 Å². The Kier molecular flexibility index (Phi) is 4.30. The van der Waals surface area contributed by atoms with E-state index in [9.17, 15) is 9.18 Å². The maximum atomic E-state index is 13.1. The van der Waals surface area contributed by atoms with Crippen molar-refractivity contribution in [3.63, 3.8) is 0 Å². The number of halogens is 1. The van der Waals surface area contributed by atoms with Gasteiger partial charge in [-0.15, -0.1) is 0 Å². The van der Waals surface area contributed by atoms with Crippen molar-refractivity contribution in [3.05, 3.63) is 36.2 Å². The highest BCUT2D eigenvalue weighted by molar-refractivity contribution is 5.96. The number of fused-ring (bicyclic) bond motifs is 1. The smallest absolute Gasteiger partial charge is 0.231 e. The fourth-order valence-corrected chi connectivity index (χ4v) is 3.40. The van der Waals surface area contributed by atoms with Gasteiger partial charge in [0.2, 0.25) is 11.8 Å². The van der Waals surface area contributed by atoms with Gasteiger partial charge in [-0.05, 0) is 36.6 Å². The van der Waals surface area contributed by atoms with Gasteiger partial charge in [0.25, 0.3) is 0 Å². The minimum Gasteiger partial charge on any atom is -0.480 e. The second-order valence-corrected chi connectivity index (χ2v) is 6.77. The highest BCUT2D eigenvalue weighted by Crippen LogP contribution is 2.37. The molecule has 0 bridgehead atoms. The van der Waals surface area contributed by atoms with Crippen LogP contribution >= 0.6 is 0 Å². The third-order valence-corrected chi connectivity index (χ3v) is 5.06. The molecule has 1 fully saturated rings. The SMILES string of the molecule is CCc1ccnc(OC)c1-c1cc2cc(NC(=O)C3CC3F)ncc2n1C. The van der Waals surface area contributed by atoms with Crippen LogP contribution in [0.2, 0.25) is 0 Å². The zero-order valence-corrected chi connectivity index (χ0v) is 15.5. The molecule has 1 aliphatic carbocycles. The first-order chi connectivity index (χ1) is 13.0. The lowest BCUT2D eigenvalue weighted by atomic mass is 10.0. The Morgan fingerprint density at radius 2 is 2.19 bits per heavy atom. The fraction of sp³-hybridized carbons (Fsp3) is 0.350. The number of aromatic nitrogens is 3. The molecule has 2 unspecified atom stereocenters. The van der Waals surface area contributed by atoms with Gasteiger partial charge < -0.3 is 14.6 Å². The molecule has 3 aromatic rings. The molecular formula is C20H21FN4O2. The van der Waals surface area contributed by atoms with E-state index >= 15 is 0 Å². The lowest BCUT2D eigenvalue weighted by Gasteiger charge is -2.13. The molecule has 1 amide bonds. The Labute approximate surface area is 156 Å². The van der Waals surface area contributed by atoms with E-state index < -0.39 is 12.1 Å². The first-order valence-corrected chi connectivity index (χ1v) is 8.96. The van der Waals surface area contributed by atoms with Crippen LogP contribution in [0, 0.1) is 5.92 Å². The van der Waals surface area contributed by atoms with Crippen LogP contribution < -0.4 is 10.1 Å². The number of amides is 1. The van der Waals surface area contributed by atoms with Gasteiger partial charge in [0.1, 0.15) is 12.0 Å². The number of nitrogens with one attached hydrogen (secondary N) is 1. The lowest BCUT2D eigenvalue weighted by Crippen LogP contribution is -2.15. The minimum absolute atomic E-state index is 0.296. The Bertz CT molecular complexity index is 1010. The second kappa shape index (κ2) is 6.64. The number of anilines is 1. The number of carbonyl (C=O) groups excluding carboxylic acids is 1. The molecule has 1 aliphatic rings. The number of aryl methyl sites for hydroxylation is 2. The van der Waals surface area contributed by atoms with Gasteiger partial charge in [0.15, 0.2) is 0 Å². The largest absolute Gasteiger partial charge is 0.480 e. The normalized spacial score (nSPS) is 18.5. The van der Waals surface area contributed by atoms with Crippen LogP contribution in [0.1, 0.15) is 18.9 Å². The molecule has 0 saturated heterocycles. The summed E-state index contributed by atoms with van der Waals surface area (Å²) in [7, 11) is 3.57. The number of carbonyl (C=O) groups is 1. The predicted molar refractivity (Wildman–Crippen MR) is 102 cm³/mol. The second-order valence-electron chi connectivity index (χ2n) is 6.77. The number of rotatable bonds is 5. The van der Waals surface area contributed by atoms with Gasteiger partial charge in [-0.2, -0.15) is 0 Å². The van der Waals surface area contributed by atoms with E-state index in [1.54, 1.807) is 25.6 Å². The summed E-state index contributed by atoms with van der Waals surface area (Å²) in [6.07, 6.45) is 3.57. The van der Waals surface area contributed by atoms with Gasteiger partial charge >= 0.3 is 0 Å². The Morgan fingerprint density at radius 3 is 2.85 bits per heavy atom. The third-order valence-electron chi connectivity index (χ3n) is 5.06. The van der Waals surface area contributed by atoms with Crippen LogP contribution in [0.4, 0.5) is 10.2 Å². The molecular weight excluding hydrogens is 347 g/mol. The highest BCUT2D eigenvalue weighted by Gasteiger charge is 2.43. The fourth-order valence-electron chi connectivity index (χ4n) is 3.40. The topological polar surface area (TPSA) is 69.0 Å². The average molecular weight is 368 g/mol. The Hall–Kier alpha value is -2.96. The van der Waals surface area contributed by atoms with E-state index in [0.29, 0.717) is 18.1 Å². The molecule has 140 valence electrons. The number of pyridine rings is 2. The summed E-state index contributed by atoms with van der Waals surface area (Å²) in [5, 5.41) is 3.63. The van der Waals surface area contributed by atoms with E-state index in [0.717, 1.165) is 34.1 Å². The summed E-state index contributed by atoms with van der Waals surface area (Å²) in [5.41, 5.74) is 3.97. The summed E-state index contributed by atoms with van der Waals surface area (Å²) >= 11 is 0. The van der Waals surface area contributed by atoms with Crippen LogP contribution in [0.15, 0.2) is 30.6 Å². The molecule has 1 N–H and O–H groups in total. The number of hydrogen-bond acceptors (Lipinski definition) is 4. The van der Waals surface area contributed by atoms with E-state index in [4.69, 9.17) is 4.74 Å². The van der Waals surface area contributed by atoms with Crippen molar-refractivity contribution < 1.29 is 13.9 Å². The number of methoxy groups -OCH3 is 1. The maximum Gasteiger partial charge on any atom is 0.231 e. The number of alkyl halides is 1. The summed E-state index contributed by atoms with van der Waals surface area (Å²) in [6, 6.07) is 5.82. The summed E-state index contributed by atoms with van der Waals surface area (Å²) < 4.78 is 20.6. The molecule has 3 aromatic heterocycles. The van der Waals surface area contributed by atoms with E-state index in [2.05, 4.69) is 22.2 Å². The molecule has 1 saturated carbocycles. The molecule has 0 aromatic carbocycles. The van der Waals surface area contributed by atoms with Crippen molar-refractivity contribution in [2.45, 2.75) is 25.9 Å². The minimum atomic E-state index is -1.03. The van der Waals surface area contributed by atoms with Crippen molar-refractivity contribution in [3.8, 4) is 17.1 Å².